The summed E-state index contributed by atoms with van der Waals surface area (Å²) in [5.74, 6) is 0. The highest BCUT2D eigenvalue weighted by molar-refractivity contribution is 5.71. The van der Waals surface area contributed by atoms with E-state index in [-0.39, 0.29) is 0 Å². The van der Waals surface area contributed by atoms with Gasteiger partial charge >= 0.3 is 0 Å². The van der Waals surface area contributed by atoms with Crippen molar-refractivity contribution in [1.82, 2.24) is 4.90 Å². The first-order chi connectivity index (χ1) is 4.88. The molecule has 0 radical (unpaired) electrons. The summed E-state index contributed by atoms with van der Waals surface area (Å²) >= 11 is 0. The van der Waals surface area contributed by atoms with Gasteiger partial charge in [-0.15, -0.1) is 0 Å². The van der Waals surface area contributed by atoms with E-state index in [9.17, 15) is 0 Å². The standard InChI is InChI=1S/C8H14N2/c1-3-8-9-6-5-7-10(8)4-2/h5-8H,3-4H2,1-2H3. The summed E-state index contributed by atoms with van der Waals surface area (Å²) in [6.07, 6.45) is 7.43. The Balaban J connectivity index is 2.55. The fourth-order valence-electron chi connectivity index (χ4n) is 1.14. The van der Waals surface area contributed by atoms with Crippen LogP contribution in [0.5, 0.6) is 0 Å². The van der Waals surface area contributed by atoms with Crippen molar-refractivity contribution in [2.24, 2.45) is 4.99 Å². The van der Waals surface area contributed by atoms with Crippen molar-refractivity contribution in [3.8, 4) is 0 Å². The maximum atomic E-state index is 4.31. The lowest BCUT2D eigenvalue weighted by Gasteiger charge is -2.26. The van der Waals surface area contributed by atoms with Gasteiger partial charge in [0.05, 0.1) is 0 Å². The van der Waals surface area contributed by atoms with Crippen molar-refractivity contribution in [2.75, 3.05) is 6.54 Å². The summed E-state index contributed by atoms with van der Waals surface area (Å²) in [7, 11) is 0. The SMILES string of the molecule is CCC1N=CC=CN1CC. The summed E-state index contributed by atoms with van der Waals surface area (Å²) < 4.78 is 0. The van der Waals surface area contributed by atoms with Crippen molar-refractivity contribution in [1.29, 1.82) is 0 Å². The van der Waals surface area contributed by atoms with Crippen molar-refractivity contribution >= 4 is 6.21 Å². The van der Waals surface area contributed by atoms with Crippen molar-refractivity contribution in [2.45, 2.75) is 26.4 Å². The van der Waals surface area contributed by atoms with Crippen molar-refractivity contribution in [3.05, 3.63) is 12.3 Å². The van der Waals surface area contributed by atoms with Gasteiger partial charge in [-0.25, -0.2) is 0 Å². The molecular weight excluding hydrogens is 124 g/mol. The molecule has 0 bridgehead atoms. The smallest absolute Gasteiger partial charge is 0.120 e. The highest BCUT2D eigenvalue weighted by Gasteiger charge is 2.09. The molecule has 56 valence electrons. The predicted octanol–water partition coefficient (Wildman–Crippen LogP) is 1.64. The van der Waals surface area contributed by atoms with Gasteiger partial charge < -0.3 is 4.90 Å². The molecule has 0 aromatic heterocycles. The zero-order valence-electron chi connectivity index (χ0n) is 6.62. The van der Waals surface area contributed by atoms with Crippen LogP contribution in [0.15, 0.2) is 17.3 Å². The van der Waals surface area contributed by atoms with E-state index < -0.39 is 0 Å². The monoisotopic (exact) mass is 138 g/mol. The number of aliphatic imine (C=N–C) groups is 1. The van der Waals surface area contributed by atoms with Crippen LogP contribution in [0.1, 0.15) is 20.3 Å². The zero-order chi connectivity index (χ0) is 7.40. The van der Waals surface area contributed by atoms with Gasteiger partial charge in [0.25, 0.3) is 0 Å². The molecule has 10 heavy (non-hydrogen) atoms. The molecule has 1 aliphatic rings. The Hall–Kier alpha value is -0.790. The fourth-order valence-corrected chi connectivity index (χ4v) is 1.14. The molecule has 0 aliphatic carbocycles. The van der Waals surface area contributed by atoms with Crippen LogP contribution in [-0.4, -0.2) is 23.8 Å². The van der Waals surface area contributed by atoms with Crippen LogP contribution in [0.3, 0.4) is 0 Å². The third-order valence-corrected chi connectivity index (χ3v) is 1.73. The molecule has 0 N–H and O–H groups in total. The maximum absolute atomic E-state index is 4.31. The molecule has 0 amide bonds. The second-order valence-corrected chi connectivity index (χ2v) is 2.36. The second-order valence-electron chi connectivity index (χ2n) is 2.36. The van der Waals surface area contributed by atoms with Crippen LogP contribution in [0.4, 0.5) is 0 Å². The predicted molar refractivity (Wildman–Crippen MR) is 44.1 cm³/mol. The minimum absolute atomic E-state index is 0.384. The summed E-state index contributed by atoms with van der Waals surface area (Å²) in [6, 6.07) is 0. The lowest BCUT2D eigenvalue weighted by atomic mass is 10.3. The molecule has 1 aliphatic heterocycles. The molecule has 2 heteroatoms. The largest absolute Gasteiger partial charge is 0.356 e. The molecular formula is C8H14N2. The number of rotatable bonds is 2. The van der Waals surface area contributed by atoms with E-state index in [1.165, 1.54) is 0 Å². The second kappa shape index (κ2) is 3.40. The zero-order valence-corrected chi connectivity index (χ0v) is 6.62. The highest BCUT2D eigenvalue weighted by atomic mass is 15.2. The first-order valence-corrected chi connectivity index (χ1v) is 3.84. The summed E-state index contributed by atoms with van der Waals surface area (Å²) in [5.41, 5.74) is 0. The molecule has 0 aromatic carbocycles. The van der Waals surface area contributed by atoms with Crippen LogP contribution in [0.25, 0.3) is 0 Å². The minimum atomic E-state index is 0.384. The average molecular weight is 138 g/mol. The van der Waals surface area contributed by atoms with E-state index in [1.54, 1.807) is 0 Å². The van der Waals surface area contributed by atoms with Crippen LogP contribution < -0.4 is 0 Å². The van der Waals surface area contributed by atoms with Gasteiger partial charge in [-0.3, -0.25) is 4.99 Å². The Labute approximate surface area is 62.3 Å². The van der Waals surface area contributed by atoms with Crippen LogP contribution >= 0.6 is 0 Å². The molecule has 1 rings (SSSR count). The summed E-state index contributed by atoms with van der Waals surface area (Å²) in [5, 5.41) is 0. The molecule has 1 atom stereocenters. The minimum Gasteiger partial charge on any atom is -0.356 e. The van der Waals surface area contributed by atoms with Crippen LogP contribution in [0.2, 0.25) is 0 Å². The van der Waals surface area contributed by atoms with Crippen LogP contribution in [-0.2, 0) is 0 Å². The number of nitrogens with zero attached hydrogens (tertiary/aromatic N) is 2. The van der Waals surface area contributed by atoms with Gasteiger partial charge in [0.1, 0.15) is 6.17 Å². The maximum Gasteiger partial charge on any atom is 0.120 e. The van der Waals surface area contributed by atoms with Crippen LogP contribution in [0, 0.1) is 0 Å². The number of hydrogen-bond donors (Lipinski definition) is 0. The number of hydrogen-bond acceptors (Lipinski definition) is 2. The summed E-state index contributed by atoms with van der Waals surface area (Å²) in [4.78, 5) is 6.55. The third-order valence-electron chi connectivity index (χ3n) is 1.73. The van der Waals surface area contributed by atoms with E-state index >= 15 is 0 Å². The Morgan fingerprint density at radius 2 is 2.30 bits per heavy atom. The van der Waals surface area contributed by atoms with Gasteiger partial charge in [-0.1, -0.05) is 6.92 Å². The van der Waals surface area contributed by atoms with Crippen molar-refractivity contribution in [3.63, 3.8) is 0 Å². The fraction of sp³-hybridized carbons (Fsp3) is 0.625. The van der Waals surface area contributed by atoms with E-state index in [2.05, 4.69) is 29.9 Å². The van der Waals surface area contributed by atoms with Gasteiger partial charge in [-0.2, -0.15) is 0 Å². The highest BCUT2D eigenvalue weighted by Crippen LogP contribution is 2.08. The lowest BCUT2D eigenvalue weighted by molar-refractivity contribution is 0.287. The normalized spacial score (nSPS) is 23.8. The molecule has 0 aromatic rings. The van der Waals surface area contributed by atoms with Gasteiger partial charge in [0.15, 0.2) is 0 Å². The molecule has 0 saturated heterocycles. The van der Waals surface area contributed by atoms with Gasteiger partial charge in [0, 0.05) is 19.0 Å². The average Bonchev–Trinajstić information content (AvgIpc) is 2.04. The van der Waals surface area contributed by atoms with Gasteiger partial charge in [-0.05, 0) is 19.4 Å². The Bertz CT molecular complexity index is 131. The molecule has 0 fully saturated rings. The lowest BCUT2D eigenvalue weighted by Crippen LogP contribution is -2.30. The first-order valence-electron chi connectivity index (χ1n) is 3.84. The van der Waals surface area contributed by atoms with Gasteiger partial charge in [0.2, 0.25) is 0 Å². The molecule has 2 nitrogen and oxygen atoms in total. The van der Waals surface area contributed by atoms with E-state index in [4.69, 9.17) is 0 Å². The van der Waals surface area contributed by atoms with E-state index in [0.29, 0.717) is 6.17 Å². The summed E-state index contributed by atoms with van der Waals surface area (Å²) in [6.45, 7) is 5.35. The van der Waals surface area contributed by atoms with E-state index in [0.717, 1.165) is 13.0 Å². The molecule has 1 heterocycles. The molecule has 0 saturated carbocycles. The topological polar surface area (TPSA) is 15.6 Å². The quantitative estimate of drug-likeness (QED) is 0.566. The number of allylic oxidation sites excluding steroid dienone is 1. The Kier molecular flexibility index (Phi) is 2.49. The Morgan fingerprint density at radius 1 is 1.50 bits per heavy atom. The first kappa shape index (κ1) is 7.32. The third kappa shape index (κ3) is 1.38. The van der Waals surface area contributed by atoms with E-state index in [1.807, 2.05) is 12.3 Å². The molecule has 1 unspecified atom stereocenters. The van der Waals surface area contributed by atoms with Crippen molar-refractivity contribution < 1.29 is 0 Å². The Morgan fingerprint density at radius 3 is 2.80 bits per heavy atom. The molecule has 0 spiro atoms.